The highest BCUT2D eigenvalue weighted by molar-refractivity contribution is 5.69. The zero-order chi connectivity index (χ0) is 13.2. The molecule has 0 saturated carbocycles. The van der Waals surface area contributed by atoms with Crippen molar-refractivity contribution in [2.45, 2.75) is 19.9 Å². The molecule has 0 fully saturated rings. The van der Waals surface area contributed by atoms with Gasteiger partial charge in [0, 0.05) is 6.54 Å². The van der Waals surface area contributed by atoms with Gasteiger partial charge in [-0.25, -0.2) is 9.97 Å². The van der Waals surface area contributed by atoms with E-state index in [4.69, 9.17) is 0 Å². The van der Waals surface area contributed by atoms with Gasteiger partial charge in [-0.05, 0) is 18.9 Å². The van der Waals surface area contributed by atoms with Gasteiger partial charge in [-0.1, -0.05) is 30.3 Å². The Morgan fingerprint density at radius 1 is 1.26 bits per heavy atom. The summed E-state index contributed by atoms with van der Waals surface area (Å²) in [5.41, 5.74) is 2.13. The van der Waals surface area contributed by atoms with Gasteiger partial charge in [0.05, 0.1) is 6.33 Å². The van der Waals surface area contributed by atoms with Crippen molar-refractivity contribution in [2.75, 3.05) is 0 Å². The molecule has 0 amide bonds. The largest absolute Gasteiger partial charge is 0.315 e. The normalized spacial score (nSPS) is 11.0. The summed E-state index contributed by atoms with van der Waals surface area (Å²) in [5, 5.41) is 0. The summed E-state index contributed by atoms with van der Waals surface area (Å²) in [6.07, 6.45) is 2.56. The molecule has 19 heavy (non-hydrogen) atoms. The number of aromatic nitrogens is 4. The van der Waals surface area contributed by atoms with Gasteiger partial charge in [-0.2, -0.15) is 0 Å². The third kappa shape index (κ3) is 2.27. The van der Waals surface area contributed by atoms with Gasteiger partial charge in [0.15, 0.2) is 11.2 Å². The number of fused-ring (bicyclic) bond motifs is 1. The van der Waals surface area contributed by atoms with E-state index in [1.54, 1.807) is 13.3 Å². The predicted octanol–water partition coefficient (Wildman–Crippen LogP) is 1.67. The molecule has 0 aliphatic rings. The molecule has 0 aliphatic heterocycles. The molecule has 96 valence electrons. The Morgan fingerprint density at radius 3 is 2.84 bits per heavy atom. The number of aromatic amines is 1. The Bertz CT molecular complexity index is 758. The summed E-state index contributed by atoms with van der Waals surface area (Å²) in [6.45, 7) is 2.53. The van der Waals surface area contributed by atoms with E-state index in [2.05, 4.69) is 27.1 Å². The monoisotopic (exact) mass is 254 g/mol. The first-order valence-electron chi connectivity index (χ1n) is 6.20. The Balaban J connectivity index is 1.92. The van der Waals surface area contributed by atoms with Gasteiger partial charge in [0.1, 0.15) is 5.82 Å². The summed E-state index contributed by atoms with van der Waals surface area (Å²) >= 11 is 0. The van der Waals surface area contributed by atoms with E-state index in [9.17, 15) is 4.79 Å². The molecule has 1 N–H and O–H groups in total. The number of imidazole rings is 1. The molecule has 0 radical (unpaired) electrons. The van der Waals surface area contributed by atoms with Crippen LogP contribution in [0.5, 0.6) is 0 Å². The number of hydrogen-bond acceptors (Lipinski definition) is 3. The van der Waals surface area contributed by atoms with Crippen LogP contribution in [0, 0.1) is 6.92 Å². The van der Waals surface area contributed by atoms with Gasteiger partial charge in [0.25, 0.3) is 5.56 Å². The number of aryl methyl sites for hydroxylation is 3. The molecule has 5 nitrogen and oxygen atoms in total. The molecule has 5 heteroatoms. The zero-order valence-corrected chi connectivity index (χ0v) is 10.6. The number of benzene rings is 1. The Hall–Kier alpha value is -2.43. The van der Waals surface area contributed by atoms with Crippen molar-refractivity contribution in [3.05, 3.63) is 58.4 Å². The maximum absolute atomic E-state index is 11.7. The van der Waals surface area contributed by atoms with Crippen LogP contribution in [0.15, 0.2) is 41.5 Å². The van der Waals surface area contributed by atoms with Crippen LogP contribution in [0.4, 0.5) is 0 Å². The lowest BCUT2D eigenvalue weighted by Crippen LogP contribution is -2.11. The molecular formula is C14H14N4O. The molecule has 2 heterocycles. The molecule has 0 unspecified atom stereocenters. The lowest BCUT2D eigenvalue weighted by Gasteiger charge is -2.04. The van der Waals surface area contributed by atoms with Crippen LogP contribution in [-0.4, -0.2) is 19.5 Å². The SMILES string of the molecule is Cc1nc2c(ncn2CCc2ccccc2)c(=O)[nH]1. The molecule has 0 atom stereocenters. The summed E-state index contributed by atoms with van der Waals surface area (Å²) in [5.74, 6) is 0.610. The average molecular weight is 254 g/mol. The van der Waals surface area contributed by atoms with Crippen LogP contribution >= 0.6 is 0 Å². The van der Waals surface area contributed by atoms with Crippen molar-refractivity contribution in [3.63, 3.8) is 0 Å². The predicted molar refractivity (Wildman–Crippen MR) is 73.0 cm³/mol. The maximum Gasteiger partial charge on any atom is 0.279 e. The number of nitrogens with zero attached hydrogens (tertiary/aromatic N) is 3. The van der Waals surface area contributed by atoms with Gasteiger partial charge in [-0.15, -0.1) is 0 Å². The molecule has 0 aliphatic carbocycles. The van der Waals surface area contributed by atoms with Crippen LogP contribution in [0.25, 0.3) is 11.2 Å². The van der Waals surface area contributed by atoms with E-state index < -0.39 is 0 Å². The minimum Gasteiger partial charge on any atom is -0.315 e. The highest BCUT2D eigenvalue weighted by atomic mass is 16.1. The Labute approximate surface area is 110 Å². The first kappa shape index (κ1) is 11.6. The number of rotatable bonds is 3. The minimum atomic E-state index is -0.180. The second-order valence-corrected chi connectivity index (χ2v) is 4.50. The molecule has 0 saturated heterocycles. The fourth-order valence-corrected chi connectivity index (χ4v) is 2.12. The van der Waals surface area contributed by atoms with Gasteiger partial charge >= 0.3 is 0 Å². The Morgan fingerprint density at radius 2 is 2.05 bits per heavy atom. The van der Waals surface area contributed by atoms with Crippen LogP contribution in [-0.2, 0) is 13.0 Å². The quantitative estimate of drug-likeness (QED) is 0.773. The van der Waals surface area contributed by atoms with E-state index in [0.29, 0.717) is 17.0 Å². The third-order valence-electron chi connectivity index (χ3n) is 3.08. The molecule has 1 aromatic carbocycles. The smallest absolute Gasteiger partial charge is 0.279 e. The number of H-pyrrole nitrogens is 1. The van der Waals surface area contributed by atoms with Crippen LogP contribution in [0.3, 0.4) is 0 Å². The van der Waals surface area contributed by atoms with Crippen molar-refractivity contribution in [3.8, 4) is 0 Å². The highest BCUT2D eigenvalue weighted by Crippen LogP contribution is 2.08. The van der Waals surface area contributed by atoms with E-state index in [1.807, 2.05) is 22.8 Å². The lowest BCUT2D eigenvalue weighted by atomic mass is 10.1. The van der Waals surface area contributed by atoms with Gasteiger partial charge in [0.2, 0.25) is 0 Å². The molecule has 3 rings (SSSR count). The maximum atomic E-state index is 11.7. The van der Waals surface area contributed by atoms with Gasteiger partial charge < -0.3 is 9.55 Å². The molecule has 3 aromatic rings. The zero-order valence-electron chi connectivity index (χ0n) is 10.6. The molecular weight excluding hydrogens is 240 g/mol. The second-order valence-electron chi connectivity index (χ2n) is 4.50. The summed E-state index contributed by atoms with van der Waals surface area (Å²) in [7, 11) is 0. The minimum absolute atomic E-state index is 0.180. The standard InChI is InChI=1S/C14H14N4O/c1-10-16-13-12(14(19)17-10)15-9-18(13)8-7-11-5-3-2-4-6-11/h2-6,9H,7-8H2,1H3,(H,16,17,19). The van der Waals surface area contributed by atoms with E-state index in [0.717, 1.165) is 13.0 Å². The van der Waals surface area contributed by atoms with Crippen LogP contribution < -0.4 is 5.56 Å². The lowest BCUT2D eigenvalue weighted by molar-refractivity contribution is 0.708. The van der Waals surface area contributed by atoms with Crippen molar-refractivity contribution < 1.29 is 0 Å². The van der Waals surface area contributed by atoms with E-state index in [-0.39, 0.29) is 5.56 Å². The van der Waals surface area contributed by atoms with Crippen LogP contribution in [0.2, 0.25) is 0 Å². The second kappa shape index (κ2) is 4.68. The van der Waals surface area contributed by atoms with Crippen LogP contribution in [0.1, 0.15) is 11.4 Å². The summed E-state index contributed by atoms with van der Waals surface area (Å²) in [4.78, 5) is 22.9. The molecule has 2 aromatic heterocycles. The van der Waals surface area contributed by atoms with Crippen molar-refractivity contribution in [1.82, 2.24) is 19.5 Å². The first-order valence-corrected chi connectivity index (χ1v) is 6.20. The highest BCUT2D eigenvalue weighted by Gasteiger charge is 2.08. The van der Waals surface area contributed by atoms with Gasteiger partial charge in [-0.3, -0.25) is 4.79 Å². The number of hydrogen-bond donors (Lipinski definition) is 1. The fourth-order valence-electron chi connectivity index (χ4n) is 2.12. The molecule has 0 bridgehead atoms. The fraction of sp³-hybridized carbons (Fsp3) is 0.214. The van der Waals surface area contributed by atoms with Crippen molar-refractivity contribution in [2.24, 2.45) is 0 Å². The summed E-state index contributed by atoms with van der Waals surface area (Å²) in [6, 6.07) is 10.2. The van der Waals surface area contributed by atoms with E-state index in [1.165, 1.54) is 5.56 Å². The van der Waals surface area contributed by atoms with Crippen molar-refractivity contribution >= 4 is 11.2 Å². The Kier molecular flexibility index (Phi) is 2.87. The van der Waals surface area contributed by atoms with Crippen molar-refractivity contribution in [1.29, 1.82) is 0 Å². The topological polar surface area (TPSA) is 63.6 Å². The number of nitrogens with one attached hydrogen (secondary N) is 1. The van der Waals surface area contributed by atoms with E-state index >= 15 is 0 Å². The summed E-state index contributed by atoms with van der Waals surface area (Å²) < 4.78 is 1.92. The molecule has 0 spiro atoms. The first-order chi connectivity index (χ1) is 9.24. The average Bonchev–Trinajstić information content (AvgIpc) is 2.81. The third-order valence-corrected chi connectivity index (χ3v) is 3.08.